The Morgan fingerprint density at radius 3 is 2.73 bits per heavy atom. The molecule has 0 spiro atoms. The van der Waals surface area contributed by atoms with Gasteiger partial charge in [0.25, 0.3) is 5.91 Å². The van der Waals surface area contributed by atoms with Crippen LogP contribution >= 0.6 is 39.1 Å². The fourth-order valence-electron chi connectivity index (χ4n) is 1.42. The van der Waals surface area contributed by atoms with Gasteiger partial charge in [0.15, 0.2) is 16.6 Å². The van der Waals surface area contributed by atoms with Gasteiger partial charge < -0.3 is 14.5 Å². The van der Waals surface area contributed by atoms with E-state index >= 15 is 0 Å². The largest absolute Gasteiger partial charge is 0.447 e. The third-order valence-corrected chi connectivity index (χ3v) is 3.40. The highest BCUT2D eigenvalue weighted by Crippen LogP contribution is 2.23. The predicted molar refractivity (Wildman–Crippen MR) is 84.2 cm³/mol. The molecule has 22 heavy (non-hydrogen) atoms. The number of furan rings is 1. The fourth-order valence-corrected chi connectivity index (χ4v) is 2.15. The molecule has 0 fully saturated rings. The average Bonchev–Trinajstić information content (AvgIpc) is 2.88. The Morgan fingerprint density at radius 1 is 1.41 bits per heavy atom. The van der Waals surface area contributed by atoms with Crippen LogP contribution in [0.1, 0.15) is 17.5 Å². The highest BCUT2D eigenvalue weighted by atomic mass is 79.9. The zero-order valence-electron chi connectivity index (χ0n) is 11.1. The maximum Gasteiger partial charge on any atom is 0.375 e. The smallest absolute Gasteiger partial charge is 0.375 e. The minimum absolute atomic E-state index is 0.0193. The van der Waals surface area contributed by atoms with Crippen LogP contribution in [0.15, 0.2) is 33.5 Å². The van der Waals surface area contributed by atoms with Crippen molar-refractivity contribution in [1.29, 1.82) is 0 Å². The number of carbonyl (C=O) groups is 2. The quantitative estimate of drug-likeness (QED) is 0.776. The van der Waals surface area contributed by atoms with Crippen LogP contribution in [0.4, 0.5) is 5.82 Å². The van der Waals surface area contributed by atoms with E-state index in [0.717, 1.165) is 0 Å². The van der Waals surface area contributed by atoms with Crippen LogP contribution in [-0.4, -0.2) is 23.0 Å². The number of nitrogens with one attached hydrogen (secondary N) is 1. The Balaban J connectivity index is 1.98. The molecule has 1 atom stereocenters. The molecular weight excluding hydrogens is 399 g/mol. The molecule has 0 aromatic carbocycles. The minimum atomic E-state index is -1.06. The van der Waals surface area contributed by atoms with Crippen molar-refractivity contribution < 1.29 is 18.7 Å². The number of esters is 1. The fraction of sp³-hybridized carbons (Fsp3) is 0.154. The normalized spacial score (nSPS) is 11.8. The van der Waals surface area contributed by atoms with Crippen LogP contribution < -0.4 is 5.32 Å². The van der Waals surface area contributed by atoms with Crippen molar-refractivity contribution in [3.05, 3.63) is 44.9 Å². The molecule has 0 bridgehead atoms. The first-order valence-electron chi connectivity index (χ1n) is 5.95. The number of ether oxygens (including phenoxy) is 1. The molecule has 0 aliphatic rings. The van der Waals surface area contributed by atoms with Crippen LogP contribution in [0.2, 0.25) is 10.0 Å². The van der Waals surface area contributed by atoms with Crippen molar-refractivity contribution in [1.82, 2.24) is 4.98 Å². The number of halogens is 3. The first-order valence-corrected chi connectivity index (χ1v) is 7.50. The summed E-state index contributed by atoms with van der Waals surface area (Å²) in [5.74, 6) is -1.24. The molecule has 0 aliphatic carbocycles. The summed E-state index contributed by atoms with van der Waals surface area (Å²) in [5.41, 5.74) is 0. The van der Waals surface area contributed by atoms with E-state index in [4.69, 9.17) is 32.4 Å². The van der Waals surface area contributed by atoms with Crippen molar-refractivity contribution in [2.45, 2.75) is 13.0 Å². The van der Waals surface area contributed by atoms with Crippen molar-refractivity contribution in [3.63, 3.8) is 0 Å². The number of amides is 1. The van der Waals surface area contributed by atoms with E-state index < -0.39 is 18.0 Å². The monoisotopic (exact) mass is 406 g/mol. The lowest BCUT2D eigenvalue weighted by Crippen LogP contribution is -2.30. The number of hydrogen-bond acceptors (Lipinski definition) is 5. The van der Waals surface area contributed by atoms with E-state index in [1.807, 2.05) is 0 Å². The highest BCUT2D eigenvalue weighted by molar-refractivity contribution is 9.10. The van der Waals surface area contributed by atoms with Gasteiger partial charge in [-0.3, -0.25) is 4.79 Å². The first kappa shape index (κ1) is 16.8. The molecule has 9 heteroatoms. The highest BCUT2D eigenvalue weighted by Gasteiger charge is 2.22. The molecular formula is C13H9BrCl2N2O4. The molecule has 2 heterocycles. The van der Waals surface area contributed by atoms with Crippen molar-refractivity contribution in [2.75, 3.05) is 5.32 Å². The summed E-state index contributed by atoms with van der Waals surface area (Å²) < 4.78 is 10.4. The van der Waals surface area contributed by atoms with E-state index in [1.54, 1.807) is 6.07 Å². The second-order valence-electron chi connectivity index (χ2n) is 4.12. The summed E-state index contributed by atoms with van der Waals surface area (Å²) in [4.78, 5) is 27.6. The number of aromatic nitrogens is 1. The summed E-state index contributed by atoms with van der Waals surface area (Å²) in [6.07, 6.45) is 0.269. The van der Waals surface area contributed by atoms with Crippen LogP contribution in [-0.2, 0) is 9.53 Å². The number of pyridine rings is 1. The van der Waals surface area contributed by atoms with Gasteiger partial charge >= 0.3 is 5.97 Å². The molecule has 2 aromatic rings. The molecule has 116 valence electrons. The standard InChI is InChI=1S/C13H9BrCl2N2O4/c1-6(21-13(20)9-2-3-10(14)22-9)12(19)18-11-8(16)4-7(15)5-17-11/h2-6H,1H3,(H,17,18,19). The molecule has 0 aliphatic heterocycles. The average molecular weight is 408 g/mol. The predicted octanol–water partition coefficient (Wildman–Crippen LogP) is 3.93. The van der Waals surface area contributed by atoms with Crippen LogP contribution in [0.3, 0.4) is 0 Å². The maximum absolute atomic E-state index is 12.0. The van der Waals surface area contributed by atoms with Crippen molar-refractivity contribution in [3.8, 4) is 0 Å². The first-order chi connectivity index (χ1) is 10.4. The molecule has 1 amide bonds. The lowest BCUT2D eigenvalue weighted by molar-refractivity contribution is -0.123. The van der Waals surface area contributed by atoms with E-state index in [1.165, 1.54) is 25.3 Å². The molecule has 6 nitrogen and oxygen atoms in total. The van der Waals surface area contributed by atoms with Crippen LogP contribution in [0.5, 0.6) is 0 Å². The van der Waals surface area contributed by atoms with Crippen LogP contribution in [0.25, 0.3) is 0 Å². The van der Waals surface area contributed by atoms with E-state index in [2.05, 4.69) is 26.2 Å². The molecule has 1 unspecified atom stereocenters. The SMILES string of the molecule is CC(OC(=O)c1ccc(Br)o1)C(=O)Nc1ncc(Cl)cc1Cl. The third kappa shape index (κ3) is 4.22. The van der Waals surface area contributed by atoms with Gasteiger partial charge in [-0.05, 0) is 41.1 Å². The van der Waals surface area contributed by atoms with Gasteiger partial charge in [0, 0.05) is 6.20 Å². The zero-order chi connectivity index (χ0) is 16.3. The molecule has 1 N–H and O–H groups in total. The van der Waals surface area contributed by atoms with E-state index in [0.29, 0.717) is 9.69 Å². The van der Waals surface area contributed by atoms with Gasteiger partial charge in [-0.1, -0.05) is 23.2 Å². The second kappa shape index (κ2) is 7.13. The van der Waals surface area contributed by atoms with Crippen LogP contribution in [0, 0.1) is 0 Å². The summed E-state index contributed by atoms with van der Waals surface area (Å²) in [6.45, 7) is 1.41. The molecule has 2 rings (SSSR count). The topological polar surface area (TPSA) is 81.4 Å². The van der Waals surface area contributed by atoms with Gasteiger partial charge in [0.2, 0.25) is 5.76 Å². The van der Waals surface area contributed by atoms with Gasteiger partial charge in [-0.15, -0.1) is 0 Å². The molecule has 0 saturated carbocycles. The number of rotatable bonds is 4. The summed E-state index contributed by atoms with van der Waals surface area (Å²) in [5, 5.41) is 2.96. The molecule has 0 radical (unpaired) electrons. The van der Waals surface area contributed by atoms with Gasteiger partial charge in [-0.2, -0.15) is 0 Å². The zero-order valence-corrected chi connectivity index (χ0v) is 14.2. The number of hydrogen-bond donors (Lipinski definition) is 1. The Hall–Kier alpha value is -1.57. The van der Waals surface area contributed by atoms with Crippen molar-refractivity contribution >= 4 is 56.8 Å². The lowest BCUT2D eigenvalue weighted by atomic mass is 10.3. The van der Waals surface area contributed by atoms with Crippen molar-refractivity contribution in [2.24, 2.45) is 0 Å². The Bertz CT molecular complexity index is 720. The lowest BCUT2D eigenvalue weighted by Gasteiger charge is -2.12. The molecule has 2 aromatic heterocycles. The number of anilines is 1. The molecule has 0 saturated heterocycles. The minimum Gasteiger partial charge on any atom is -0.447 e. The number of carbonyl (C=O) groups excluding carboxylic acids is 2. The van der Waals surface area contributed by atoms with Gasteiger partial charge in [-0.25, -0.2) is 9.78 Å². The van der Waals surface area contributed by atoms with E-state index in [-0.39, 0.29) is 16.6 Å². The summed E-state index contributed by atoms with van der Waals surface area (Å²) in [6, 6.07) is 4.40. The van der Waals surface area contributed by atoms with Gasteiger partial charge in [0.05, 0.1) is 10.0 Å². The third-order valence-electron chi connectivity index (χ3n) is 2.48. The second-order valence-corrected chi connectivity index (χ2v) is 5.75. The summed E-state index contributed by atoms with van der Waals surface area (Å²) >= 11 is 14.7. The Labute approximate surface area is 143 Å². The van der Waals surface area contributed by atoms with E-state index in [9.17, 15) is 9.59 Å². The maximum atomic E-state index is 12.0. The Kier molecular flexibility index (Phi) is 5.44. The van der Waals surface area contributed by atoms with Gasteiger partial charge in [0.1, 0.15) is 0 Å². The summed E-state index contributed by atoms with van der Waals surface area (Å²) in [7, 11) is 0. The number of nitrogens with zero attached hydrogens (tertiary/aromatic N) is 1. The Morgan fingerprint density at radius 2 is 2.14 bits per heavy atom.